The molecule has 0 aliphatic carbocycles. The lowest BCUT2D eigenvalue weighted by Crippen LogP contribution is -2.08. The lowest BCUT2D eigenvalue weighted by atomic mass is 10.2. The average Bonchev–Trinajstić information content (AvgIpc) is 2.91. The SMILES string of the molecule is COc1ccc(/C=C/C(=O)n2cnc(N)n2)cc1OC. The van der Waals surface area contributed by atoms with Gasteiger partial charge in [-0.15, -0.1) is 5.10 Å². The summed E-state index contributed by atoms with van der Waals surface area (Å²) in [5.74, 6) is 0.925. The van der Waals surface area contributed by atoms with E-state index >= 15 is 0 Å². The molecule has 0 saturated carbocycles. The van der Waals surface area contributed by atoms with Crippen molar-refractivity contribution >= 4 is 17.9 Å². The summed E-state index contributed by atoms with van der Waals surface area (Å²) in [7, 11) is 3.11. The maximum Gasteiger partial charge on any atom is 0.272 e. The molecule has 20 heavy (non-hydrogen) atoms. The van der Waals surface area contributed by atoms with E-state index in [0.717, 1.165) is 10.2 Å². The van der Waals surface area contributed by atoms with Crippen LogP contribution < -0.4 is 15.2 Å². The third kappa shape index (κ3) is 2.94. The zero-order chi connectivity index (χ0) is 14.5. The number of ether oxygens (including phenoxy) is 2. The molecule has 2 rings (SSSR count). The number of hydrogen-bond acceptors (Lipinski definition) is 6. The number of nitrogen functional groups attached to an aromatic ring is 1. The minimum Gasteiger partial charge on any atom is -0.493 e. The first kappa shape index (κ1) is 13.6. The van der Waals surface area contributed by atoms with E-state index in [1.807, 2.05) is 0 Å². The predicted octanol–water partition coefficient (Wildman–Crippen LogP) is 1.23. The van der Waals surface area contributed by atoms with Crippen LogP contribution in [0.25, 0.3) is 6.08 Å². The van der Waals surface area contributed by atoms with Crippen LogP contribution in [0.5, 0.6) is 11.5 Å². The first-order chi connectivity index (χ1) is 9.63. The number of anilines is 1. The number of nitrogens with zero attached hydrogens (tertiary/aromatic N) is 3. The van der Waals surface area contributed by atoms with E-state index in [0.29, 0.717) is 11.5 Å². The molecular weight excluding hydrogens is 260 g/mol. The Balaban J connectivity index is 2.17. The Morgan fingerprint density at radius 2 is 2.05 bits per heavy atom. The maximum absolute atomic E-state index is 11.8. The van der Waals surface area contributed by atoms with Gasteiger partial charge >= 0.3 is 0 Å². The molecule has 0 bridgehead atoms. The van der Waals surface area contributed by atoms with Gasteiger partial charge in [0.15, 0.2) is 11.5 Å². The Morgan fingerprint density at radius 3 is 2.65 bits per heavy atom. The molecule has 1 heterocycles. The van der Waals surface area contributed by atoms with Gasteiger partial charge < -0.3 is 15.2 Å². The van der Waals surface area contributed by atoms with Crippen molar-refractivity contribution in [3.63, 3.8) is 0 Å². The van der Waals surface area contributed by atoms with E-state index in [2.05, 4.69) is 10.1 Å². The number of hydrogen-bond donors (Lipinski definition) is 1. The summed E-state index contributed by atoms with van der Waals surface area (Å²) in [6.45, 7) is 0. The molecule has 2 aromatic rings. The number of carbonyl (C=O) groups excluding carboxylic acids is 1. The van der Waals surface area contributed by atoms with E-state index in [9.17, 15) is 4.79 Å². The summed E-state index contributed by atoms with van der Waals surface area (Å²) >= 11 is 0. The second-order valence-corrected chi connectivity index (χ2v) is 3.83. The lowest BCUT2D eigenvalue weighted by Gasteiger charge is -2.07. The fraction of sp³-hybridized carbons (Fsp3) is 0.154. The minimum atomic E-state index is -0.344. The van der Waals surface area contributed by atoms with Crippen LogP contribution in [0.1, 0.15) is 10.4 Å². The largest absolute Gasteiger partial charge is 0.493 e. The summed E-state index contributed by atoms with van der Waals surface area (Å²) in [6, 6.07) is 5.33. The summed E-state index contributed by atoms with van der Waals surface area (Å²) < 4.78 is 11.4. The Kier molecular flexibility index (Phi) is 3.99. The van der Waals surface area contributed by atoms with Gasteiger partial charge in [-0.2, -0.15) is 4.68 Å². The maximum atomic E-state index is 11.8. The topological polar surface area (TPSA) is 92.3 Å². The molecule has 1 aromatic carbocycles. The average molecular weight is 274 g/mol. The molecular formula is C13H14N4O3. The molecule has 0 aliphatic rings. The van der Waals surface area contributed by atoms with E-state index in [1.54, 1.807) is 38.5 Å². The summed E-state index contributed by atoms with van der Waals surface area (Å²) in [4.78, 5) is 15.5. The van der Waals surface area contributed by atoms with Crippen molar-refractivity contribution in [1.82, 2.24) is 14.8 Å². The number of benzene rings is 1. The number of aromatic nitrogens is 3. The molecule has 2 N–H and O–H groups in total. The summed E-state index contributed by atoms with van der Waals surface area (Å²) in [5, 5.41) is 3.72. The van der Waals surface area contributed by atoms with Crippen LogP contribution in [0, 0.1) is 0 Å². The van der Waals surface area contributed by atoms with Gasteiger partial charge in [0.25, 0.3) is 5.91 Å². The third-order valence-electron chi connectivity index (χ3n) is 2.56. The van der Waals surface area contributed by atoms with Crippen LogP contribution in [0.4, 0.5) is 5.95 Å². The van der Waals surface area contributed by atoms with Crippen molar-refractivity contribution in [2.24, 2.45) is 0 Å². The van der Waals surface area contributed by atoms with Gasteiger partial charge in [0, 0.05) is 6.08 Å². The highest BCUT2D eigenvalue weighted by molar-refractivity contribution is 5.93. The van der Waals surface area contributed by atoms with Gasteiger partial charge in [0.1, 0.15) is 6.33 Å². The van der Waals surface area contributed by atoms with Crippen molar-refractivity contribution in [3.8, 4) is 11.5 Å². The van der Waals surface area contributed by atoms with Crippen LogP contribution in [-0.2, 0) is 0 Å². The highest BCUT2D eigenvalue weighted by Gasteiger charge is 2.05. The smallest absolute Gasteiger partial charge is 0.272 e. The van der Waals surface area contributed by atoms with Crippen LogP contribution in [-0.4, -0.2) is 34.9 Å². The van der Waals surface area contributed by atoms with Crippen LogP contribution in [0.15, 0.2) is 30.6 Å². The molecule has 0 unspecified atom stereocenters. The first-order valence-electron chi connectivity index (χ1n) is 5.75. The molecule has 0 fully saturated rings. The molecule has 0 spiro atoms. The number of rotatable bonds is 4. The molecule has 0 atom stereocenters. The number of carbonyl (C=O) groups is 1. The molecule has 104 valence electrons. The second kappa shape index (κ2) is 5.87. The van der Waals surface area contributed by atoms with Gasteiger partial charge in [-0.3, -0.25) is 4.79 Å². The summed E-state index contributed by atoms with van der Waals surface area (Å²) in [5.41, 5.74) is 6.14. The fourth-order valence-corrected chi connectivity index (χ4v) is 1.58. The Hall–Kier alpha value is -2.83. The van der Waals surface area contributed by atoms with Gasteiger partial charge in [0.05, 0.1) is 14.2 Å². The third-order valence-corrected chi connectivity index (χ3v) is 2.56. The second-order valence-electron chi connectivity index (χ2n) is 3.83. The minimum absolute atomic E-state index is 0.0536. The Labute approximate surface area is 115 Å². The zero-order valence-corrected chi connectivity index (χ0v) is 11.1. The molecule has 0 radical (unpaired) electrons. The quantitative estimate of drug-likeness (QED) is 0.843. The van der Waals surface area contributed by atoms with Gasteiger partial charge in [-0.05, 0) is 23.8 Å². The first-order valence-corrected chi connectivity index (χ1v) is 5.75. The van der Waals surface area contributed by atoms with Gasteiger partial charge in [-0.1, -0.05) is 6.07 Å². The number of nitrogens with two attached hydrogens (primary N) is 1. The van der Waals surface area contributed by atoms with E-state index < -0.39 is 0 Å². The molecule has 7 nitrogen and oxygen atoms in total. The molecule has 0 amide bonds. The Morgan fingerprint density at radius 1 is 1.30 bits per heavy atom. The van der Waals surface area contributed by atoms with E-state index in [4.69, 9.17) is 15.2 Å². The van der Waals surface area contributed by atoms with Crippen molar-refractivity contribution in [1.29, 1.82) is 0 Å². The number of methoxy groups -OCH3 is 2. The van der Waals surface area contributed by atoms with E-state index in [-0.39, 0.29) is 11.9 Å². The summed E-state index contributed by atoms with van der Waals surface area (Å²) in [6.07, 6.45) is 4.27. The highest BCUT2D eigenvalue weighted by atomic mass is 16.5. The molecule has 0 saturated heterocycles. The van der Waals surface area contributed by atoms with Crippen molar-refractivity contribution in [2.45, 2.75) is 0 Å². The van der Waals surface area contributed by atoms with Crippen LogP contribution in [0.3, 0.4) is 0 Å². The molecule has 0 aliphatic heterocycles. The predicted molar refractivity (Wildman–Crippen MR) is 73.6 cm³/mol. The number of allylic oxidation sites excluding steroid dienone is 1. The van der Waals surface area contributed by atoms with Gasteiger partial charge in [0.2, 0.25) is 5.95 Å². The van der Waals surface area contributed by atoms with Crippen molar-refractivity contribution < 1.29 is 14.3 Å². The van der Waals surface area contributed by atoms with Gasteiger partial charge in [-0.25, -0.2) is 4.98 Å². The van der Waals surface area contributed by atoms with Crippen molar-refractivity contribution in [3.05, 3.63) is 36.2 Å². The fourth-order valence-electron chi connectivity index (χ4n) is 1.58. The van der Waals surface area contributed by atoms with Crippen LogP contribution in [0.2, 0.25) is 0 Å². The lowest BCUT2D eigenvalue weighted by molar-refractivity contribution is 0.0955. The van der Waals surface area contributed by atoms with Crippen molar-refractivity contribution in [2.75, 3.05) is 20.0 Å². The normalized spacial score (nSPS) is 10.7. The molecule has 1 aromatic heterocycles. The highest BCUT2D eigenvalue weighted by Crippen LogP contribution is 2.27. The monoisotopic (exact) mass is 274 g/mol. The van der Waals surface area contributed by atoms with E-state index in [1.165, 1.54) is 12.4 Å². The molecule has 7 heteroatoms. The Bertz CT molecular complexity index is 649. The standard InChI is InChI=1S/C13H14N4O3/c1-19-10-5-3-9(7-11(10)20-2)4-6-12(18)17-8-15-13(14)16-17/h3-8H,1-2H3,(H2,14,16)/b6-4+. The zero-order valence-electron chi connectivity index (χ0n) is 11.1. The van der Waals surface area contributed by atoms with Crippen LogP contribution >= 0.6 is 0 Å².